The zero-order valence-electron chi connectivity index (χ0n) is 14.8. The van der Waals surface area contributed by atoms with Crippen LogP contribution >= 0.6 is 11.3 Å². The van der Waals surface area contributed by atoms with E-state index in [9.17, 15) is 9.90 Å². The molecule has 132 valence electrons. The Morgan fingerprint density at radius 2 is 1.96 bits per heavy atom. The molecule has 0 amide bonds. The number of nitrogens with zero attached hydrogens (tertiary/aromatic N) is 2. The van der Waals surface area contributed by atoms with E-state index in [4.69, 9.17) is 4.42 Å². The number of aryl methyl sites for hydroxylation is 4. The van der Waals surface area contributed by atoms with Crippen molar-refractivity contribution in [2.45, 2.75) is 27.7 Å². The van der Waals surface area contributed by atoms with Gasteiger partial charge in [0.05, 0.1) is 5.56 Å². The van der Waals surface area contributed by atoms with Crippen LogP contribution in [0.3, 0.4) is 0 Å². The monoisotopic (exact) mass is 367 g/mol. The van der Waals surface area contributed by atoms with Crippen molar-refractivity contribution >= 4 is 22.3 Å². The maximum absolute atomic E-state index is 11.7. The van der Waals surface area contributed by atoms with Gasteiger partial charge in [-0.05, 0) is 39.3 Å². The van der Waals surface area contributed by atoms with Crippen LogP contribution in [0.5, 0.6) is 5.75 Å². The Morgan fingerprint density at radius 3 is 2.65 bits per heavy atom. The van der Waals surface area contributed by atoms with E-state index < -0.39 is 5.63 Å². The van der Waals surface area contributed by atoms with Crippen LogP contribution in [0.2, 0.25) is 0 Å². The predicted molar refractivity (Wildman–Crippen MR) is 102 cm³/mol. The minimum atomic E-state index is -0.431. The number of H-pyrrole nitrogens is 1. The Bertz CT molecular complexity index is 1220. The van der Waals surface area contributed by atoms with Gasteiger partial charge in [-0.25, -0.2) is 9.78 Å². The van der Waals surface area contributed by atoms with Crippen molar-refractivity contribution in [1.82, 2.24) is 15.2 Å². The number of rotatable bonds is 2. The number of hydrogen-bond acceptors (Lipinski definition) is 6. The third kappa shape index (κ3) is 2.43. The number of hydrogen-bond donors (Lipinski definition) is 2. The van der Waals surface area contributed by atoms with Crippen LogP contribution in [0.1, 0.15) is 22.5 Å². The molecule has 4 aromatic rings. The van der Waals surface area contributed by atoms with Crippen molar-refractivity contribution in [3.8, 4) is 27.6 Å². The lowest BCUT2D eigenvalue weighted by molar-refractivity contribution is 0.470. The molecule has 0 aliphatic rings. The molecule has 3 aromatic heterocycles. The highest BCUT2D eigenvalue weighted by atomic mass is 32.1. The first-order valence-electron chi connectivity index (χ1n) is 8.11. The van der Waals surface area contributed by atoms with Crippen LogP contribution < -0.4 is 5.63 Å². The minimum absolute atomic E-state index is 0.0484. The molecule has 0 bridgehead atoms. The number of aromatic nitrogens is 3. The summed E-state index contributed by atoms with van der Waals surface area (Å²) in [6, 6.07) is 3.26. The Labute approximate surface area is 153 Å². The number of aromatic amines is 1. The van der Waals surface area contributed by atoms with E-state index in [2.05, 4.69) is 15.2 Å². The van der Waals surface area contributed by atoms with E-state index in [0.29, 0.717) is 22.4 Å². The summed E-state index contributed by atoms with van der Waals surface area (Å²) in [4.78, 5) is 16.3. The van der Waals surface area contributed by atoms with Gasteiger partial charge >= 0.3 is 5.63 Å². The summed E-state index contributed by atoms with van der Waals surface area (Å²) in [5.74, 6) is 0.0484. The highest BCUT2D eigenvalue weighted by molar-refractivity contribution is 7.13. The zero-order valence-corrected chi connectivity index (χ0v) is 15.6. The van der Waals surface area contributed by atoms with Crippen molar-refractivity contribution in [2.75, 3.05) is 0 Å². The highest BCUT2D eigenvalue weighted by Gasteiger charge is 2.22. The number of phenolic OH excluding ortho intramolecular Hbond substituents is 1. The summed E-state index contributed by atoms with van der Waals surface area (Å²) < 4.78 is 5.31. The van der Waals surface area contributed by atoms with Gasteiger partial charge < -0.3 is 9.52 Å². The number of fused-ring (bicyclic) bond motifs is 1. The summed E-state index contributed by atoms with van der Waals surface area (Å²) in [5, 5.41) is 21.8. The van der Waals surface area contributed by atoms with Gasteiger partial charge in [-0.2, -0.15) is 5.10 Å². The Hall–Kier alpha value is -2.93. The molecular formula is C19H17N3O3S. The maximum atomic E-state index is 11.7. The van der Waals surface area contributed by atoms with Crippen LogP contribution in [0.25, 0.3) is 32.8 Å². The van der Waals surface area contributed by atoms with Gasteiger partial charge in [0.1, 0.15) is 22.0 Å². The van der Waals surface area contributed by atoms with Crippen LogP contribution in [-0.4, -0.2) is 20.3 Å². The van der Waals surface area contributed by atoms with Gasteiger partial charge in [-0.1, -0.05) is 0 Å². The topological polar surface area (TPSA) is 92.0 Å². The van der Waals surface area contributed by atoms with E-state index in [0.717, 1.165) is 32.9 Å². The fourth-order valence-corrected chi connectivity index (χ4v) is 4.03. The van der Waals surface area contributed by atoms with Crippen LogP contribution in [0, 0.1) is 27.7 Å². The molecule has 0 radical (unpaired) electrons. The lowest BCUT2D eigenvalue weighted by Crippen LogP contribution is -2.00. The molecule has 0 spiro atoms. The summed E-state index contributed by atoms with van der Waals surface area (Å²) in [6.07, 6.45) is 0. The normalized spacial score (nSPS) is 11.4. The average molecular weight is 367 g/mol. The molecule has 0 saturated heterocycles. The first-order valence-corrected chi connectivity index (χ1v) is 8.99. The third-order valence-corrected chi connectivity index (χ3v) is 5.46. The van der Waals surface area contributed by atoms with Crippen molar-refractivity contribution in [3.05, 3.63) is 50.4 Å². The number of aromatic hydroxyl groups is 1. The van der Waals surface area contributed by atoms with Gasteiger partial charge in [0, 0.05) is 39.3 Å². The van der Waals surface area contributed by atoms with E-state index in [-0.39, 0.29) is 5.75 Å². The number of phenols is 1. The zero-order chi connectivity index (χ0) is 18.6. The van der Waals surface area contributed by atoms with Crippen LogP contribution in [0.15, 0.2) is 26.7 Å². The second-order valence-corrected chi connectivity index (χ2v) is 7.25. The second kappa shape index (κ2) is 5.81. The van der Waals surface area contributed by atoms with E-state index in [1.165, 1.54) is 17.4 Å². The molecule has 0 aliphatic carbocycles. The van der Waals surface area contributed by atoms with Crippen molar-refractivity contribution in [1.29, 1.82) is 0 Å². The third-order valence-electron chi connectivity index (χ3n) is 4.48. The van der Waals surface area contributed by atoms with Crippen molar-refractivity contribution < 1.29 is 9.52 Å². The van der Waals surface area contributed by atoms with Gasteiger partial charge in [0.15, 0.2) is 0 Å². The lowest BCUT2D eigenvalue weighted by atomic mass is 9.98. The summed E-state index contributed by atoms with van der Waals surface area (Å²) in [7, 11) is 0. The molecule has 3 heterocycles. The molecule has 26 heavy (non-hydrogen) atoms. The molecule has 0 unspecified atom stereocenters. The first-order chi connectivity index (χ1) is 12.4. The Balaban J connectivity index is 2.05. The van der Waals surface area contributed by atoms with Gasteiger partial charge in [-0.15, -0.1) is 11.3 Å². The molecule has 7 heteroatoms. The highest BCUT2D eigenvalue weighted by Crippen LogP contribution is 2.42. The number of nitrogens with one attached hydrogen (secondary N) is 1. The maximum Gasteiger partial charge on any atom is 0.336 e. The quantitative estimate of drug-likeness (QED) is 0.517. The molecule has 0 atom stereocenters. The smallest absolute Gasteiger partial charge is 0.336 e. The largest absolute Gasteiger partial charge is 0.507 e. The summed E-state index contributed by atoms with van der Waals surface area (Å²) in [5.41, 5.74) is 5.17. The van der Waals surface area contributed by atoms with Gasteiger partial charge in [0.25, 0.3) is 0 Å². The van der Waals surface area contributed by atoms with Crippen molar-refractivity contribution in [2.24, 2.45) is 0 Å². The SMILES string of the molecule is Cc1csc(-c2c(-c3cc4c(C)cc(=O)oc4c(C)c3O)n[nH]c2C)n1. The molecule has 1 aromatic carbocycles. The fraction of sp³-hybridized carbons (Fsp3) is 0.211. The fourth-order valence-electron chi connectivity index (χ4n) is 3.13. The second-order valence-electron chi connectivity index (χ2n) is 6.39. The molecule has 0 fully saturated rings. The molecule has 4 rings (SSSR count). The molecule has 0 aliphatic heterocycles. The molecule has 2 N–H and O–H groups in total. The molecular weight excluding hydrogens is 350 g/mol. The minimum Gasteiger partial charge on any atom is -0.507 e. The Kier molecular flexibility index (Phi) is 3.69. The Morgan fingerprint density at radius 1 is 1.19 bits per heavy atom. The summed E-state index contributed by atoms with van der Waals surface area (Å²) in [6.45, 7) is 7.45. The van der Waals surface area contributed by atoms with Crippen LogP contribution in [0.4, 0.5) is 0 Å². The van der Waals surface area contributed by atoms with E-state index in [1.54, 1.807) is 6.92 Å². The lowest BCUT2D eigenvalue weighted by Gasteiger charge is -2.11. The molecule has 0 saturated carbocycles. The average Bonchev–Trinajstić information content (AvgIpc) is 3.17. The summed E-state index contributed by atoms with van der Waals surface area (Å²) >= 11 is 1.54. The standard InChI is InChI=1S/C19H17N3O3S/c1-8-5-14(23)25-18-10(3)17(24)13(6-12(8)18)16-15(11(4)21-22-16)19-20-9(2)7-26-19/h5-7,24H,1-4H3,(H,21,22). The number of thiazole rings is 1. The van der Waals surface area contributed by atoms with Crippen molar-refractivity contribution in [3.63, 3.8) is 0 Å². The molecule has 6 nitrogen and oxygen atoms in total. The van der Waals surface area contributed by atoms with Gasteiger partial charge in [-0.3, -0.25) is 5.10 Å². The first kappa shape index (κ1) is 16.5. The van der Waals surface area contributed by atoms with E-state index in [1.807, 2.05) is 32.2 Å². The van der Waals surface area contributed by atoms with E-state index >= 15 is 0 Å². The van der Waals surface area contributed by atoms with Crippen LogP contribution in [-0.2, 0) is 0 Å². The predicted octanol–water partition coefficient (Wildman–Crippen LogP) is 4.25. The van der Waals surface area contributed by atoms with Gasteiger partial charge in [0.2, 0.25) is 0 Å². The number of benzene rings is 1.